The van der Waals surface area contributed by atoms with Gasteiger partial charge in [0.05, 0.1) is 0 Å². The maximum Gasteiger partial charge on any atom is 0.175 e. The van der Waals surface area contributed by atoms with Crippen LogP contribution in [0, 0.1) is 96.5 Å². The van der Waals surface area contributed by atoms with E-state index in [1.54, 1.807) is 19.9 Å². The number of nitro groups is 5. The number of hydrogen-bond acceptors (Lipinski definition) is 10. The first-order chi connectivity index (χ1) is 17.1. The van der Waals surface area contributed by atoms with Gasteiger partial charge in [0.2, 0.25) is 0 Å². The summed E-state index contributed by atoms with van der Waals surface area (Å²) in [6.07, 6.45) is 0. The van der Waals surface area contributed by atoms with E-state index in [-0.39, 0.29) is 137 Å². The van der Waals surface area contributed by atoms with Gasteiger partial charge in [0.25, 0.3) is 0 Å². The minimum Gasteiger partial charge on any atom is -0.260 e. The summed E-state index contributed by atoms with van der Waals surface area (Å²) in [6, 6.07) is 15.2. The number of hydrogen-bond donors (Lipinski definition) is 0. The molecule has 0 aliphatic rings. The summed E-state index contributed by atoms with van der Waals surface area (Å²) >= 11 is 0. The van der Waals surface area contributed by atoms with Crippen LogP contribution in [-0.4, -0.2) is 24.6 Å². The van der Waals surface area contributed by atoms with Crippen molar-refractivity contribution in [3.63, 3.8) is 0 Å². The Labute approximate surface area is 302 Å². The van der Waals surface area contributed by atoms with E-state index in [1.165, 1.54) is 38.1 Å². The minimum atomic E-state index is -0.708. The topological polar surface area (TPSA) is 216 Å². The molecule has 0 heterocycles. The van der Waals surface area contributed by atoms with E-state index in [2.05, 4.69) is 18.2 Å². The zero-order valence-corrected chi connectivity index (χ0v) is 30.0. The fourth-order valence-corrected chi connectivity index (χ4v) is 2.68. The van der Waals surface area contributed by atoms with Gasteiger partial charge in [-0.1, -0.05) is 57.5 Å². The molecule has 18 heteroatoms. The van der Waals surface area contributed by atoms with Gasteiger partial charge in [0.1, 0.15) is 0 Å². The van der Waals surface area contributed by atoms with Crippen LogP contribution in [0.15, 0.2) is 36.4 Å². The van der Waals surface area contributed by atoms with Crippen LogP contribution >= 0.6 is 0 Å². The van der Waals surface area contributed by atoms with Crippen molar-refractivity contribution in [2.75, 3.05) is 0 Å². The Kier molecular flexibility index (Phi) is 21.2. The van der Waals surface area contributed by atoms with E-state index < -0.39 is 19.7 Å². The van der Waals surface area contributed by atoms with E-state index >= 15 is 0 Å². The largest absolute Gasteiger partial charge is 0.260 e. The van der Waals surface area contributed by atoms with Gasteiger partial charge in [0, 0.05) is 123 Å². The molecule has 15 nitrogen and oxygen atoms in total. The van der Waals surface area contributed by atoms with Gasteiger partial charge in [-0.05, 0) is 11.6 Å². The molecule has 0 spiro atoms. The van der Waals surface area contributed by atoms with Crippen LogP contribution in [0.3, 0.4) is 0 Å². The summed E-state index contributed by atoms with van der Waals surface area (Å²) in [4.78, 5) is 48.5. The smallest absolute Gasteiger partial charge is 0.175 e. The van der Waals surface area contributed by atoms with Gasteiger partial charge < -0.3 is 0 Å². The maximum absolute atomic E-state index is 10.4. The molecule has 0 aliphatic heterocycles. The number of rotatable bonds is 5. The van der Waals surface area contributed by atoms with Gasteiger partial charge in [0.15, 0.2) is 28.4 Å². The van der Waals surface area contributed by atoms with Crippen LogP contribution in [-0.2, 0) is 98.1 Å². The Morgan fingerprint density at radius 3 is 1.60 bits per heavy atom. The summed E-state index contributed by atoms with van der Waals surface area (Å²) in [5.41, 5.74) is 0.733. The molecule has 3 rings (SSSR count). The second kappa shape index (κ2) is 19.9. The van der Waals surface area contributed by atoms with Gasteiger partial charge in [-0.25, -0.2) is 0 Å². The molecule has 0 aromatic heterocycles. The molecule has 3 radical (unpaired) electrons. The second-order valence-electron chi connectivity index (χ2n) is 7.21. The Morgan fingerprint density at radius 1 is 0.625 bits per heavy atom. The molecule has 0 amide bonds. The van der Waals surface area contributed by atoms with Crippen LogP contribution in [0.25, 0.3) is 0 Å². The predicted octanol–water partition coefficient (Wildman–Crippen LogP) is 5.23. The van der Waals surface area contributed by atoms with Crippen molar-refractivity contribution in [2.24, 2.45) is 0 Å². The van der Waals surface area contributed by atoms with E-state index in [4.69, 9.17) is 0 Å². The molecule has 40 heavy (non-hydrogen) atoms. The Bertz CT molecular complexity index is 1320. The second-order valence-corrected chi connectivity index (χ2v) is 7.21. The molecule has 0 unspecified atom stereocenters. The molecule has 203 valence electrons. The molecule has 0 aliphatic carbocycles. The predicted molar refractivity (Wildman–Crippen MR) is 128 cm³/mol. The summed E-state index contributed by atoms with van der Waals surface area (Å²) in [5, 5.41) is 51.7. The van der Waals surface area contributed by atoms with Crippen molar-refractivity contribution in [2.45, 2.75) is 27.7 Å². The number of nitrogens with zero attached hydrogens (tertiary/aromatic N) is 5. The number of nitro benzene ring substituents is 5. The van der Waals surface area contributed by atoms with E-state index in [0.717, 1.165) is 11.6 Å². The first-order valence-electron chi connectivity index (χ1n) is 9.91. The third-order valence-corrected chi connectivity index (χ3v) is 4.43. The Balaban J connectivity index is -0.000000497. The molecule has 0 atom stereocenters. The molecule has 0 saturated carbocycles. The van der Waals surface area contributed by atoms with E-state index in [0.29, 0.717) is 11.1 Å². The molecular formula is C22H18N5O10Y3-3. The Hall–Kier alpha value is -2.03. The minimum absolute atomic E-state index is 0. The zero-order valence-electron chi connectivity index (χ0n) is 21.5. The molecule has 0 N–H and O–H groups in total. The van der Waals surface area contributed by atoms with Gasteiger partial charge in [-0.2, -0.15) is 29.3 Å². The van der Waals surface area contributed by atoms with Crippen LogP contribution in [0.2, 0.25) is 0 Å². The van der Waals surface area contributed by atoms with E-state index in [9.17, 15) is 50.6 Å². The van der Waals surface area contributed by atoms with E-state index in [1.807, 2.05) is 0 Å². The number of benzene rings is 3. The van der Waals surface area contributed by atoms with Crippen molar-refractivity contribution < 1.29 is 123 Å². The average Bonchev–Trinajstić information content (AvgIpc) is 2.80. The van der Waals surface area contributed by atoms with Gasteiger partial charge in [-0.3, -0.25) is 50.6 Å². The number of aryl methyl sites for hydroxylation is 3. The quantitative estimate of drug-likeness (QED) is 0.187. The van der Waals surface area contributed by atoms with Crippen molar-refractivity contribution in [1.82, 2.24) is 0 Å². The summed E-state index contributed by atoms with van der Waals surface area (Å²) in [7, 11) is 0. The number of non-ortho nitro benzene ring substituents is 2. The van der Waals surface area contributed by atoms with Gasteiger partial charge >= 0.3 is 0 Å². The van der Waals surface area contributed by atoms with Crippen LogP contribution < -0.4 is 0 Å². The average molecular weight is 779 g/mol. The summed E-state index contributed by atoms with van der Waals surface area (Å²) in [5.74, 6) is 0. The zero-order chi connectivity index (χ0) is 28.4. The molecule has 0 bridgehead atoms. The maximum atomic E-state index is 10.4. The molecular weight excluding hydrogens is 761 g/mol. The monoisotopic (exact) mass is 779 g/mol. The van der Waals surface area contributed by atoms with Crippen molar-refractivity contribution in [3.8, 4) is 0 Å². The van der Waals surface area contributed by atoms with Crippen molar-refractivity contribution in [3.05, 3.63) is 127 Å². The van der Waals surface area contributed by atoms with Gasteiger partial charge in [-0.15, -0.1) is 6.07 Å². The third kappa shape index (κ3) is 13.6. The summed E-state index contributed by atoms with van der Waals surface area (Å²) < 4.78 is 0. The van der Waals surface area contributed by atoms with Crippen LogP contribution in [0.1, 0.15) is 22.3 Å². The van der Waals surface area contributed by atoms with Crippen LogP contribution in [0.5, 0.6) is 0 Å². The molecule has 3 aromatic carbocycles. The first-order valence-corrected chi connectivity index (χ1v) is 9.91. The third-order valence-electron chi connectivity index (χ3n) is 4.43. The fourth-order valence-electron chi connectivity index (χ4n) is 2.68. The first kappa shape index (κ1) is 42.4. The van der Waals surface area contributed by atoms with Crippen LogP contribution in [0.4, 0.5) is 28.4 Å². The summed E-state index contributed by atoms with van der Waals surface area (Å²) in [6.45, 7) is 6.33. The molecule has 3 aromatic rings. The molecule has 0 saturated heterocycles. The standard InChI is InChI=1S/C8H8NO2.2C7H5N2O4.3Y/c1-6-3-4-7(2)8(5-6)9(10)11;1-5-2-6(8(10)11)4-7(3-5)9(12)13;1-5-6(8(10)11)3-2-4-7(5)9(12)13;;;/h4-5H,1-2H3;2,4H,1H3;2-3H,1H3;;;/q3*-1;;;. The normalized spacial score (nSPS) is 8.90. The SMILES string of the molecule is Cc1[c-]c([N+](=O)[O-])cc([N+](=O)[O-])c1.Cc1[c-]cc(C)c([N+](=O)[O-])c1.Cc1c([N+](=O)[O-])[c-]ccc1[N+](=O)[O-].[Y].[Y].[Y]. The Morgan fingerprint density at radius 2 is 1.18 bits per heavy atom. The molecule has 0 fully saturated rings. The van der Waals surface area contributed by atoms with Crippen molar-refractivity contribution >= 4 is 28.4 Å². The van der Waals surface area contributed by atoms with Crippen molar-refractivity contribution in [1.29, 1.82) is 0 Å². The fraction of sp³-hybridized carbons (Fsp3) is 0.182.